The molecule has 0 amide bonds. The first kappa shape index (κ1) is 21.6. The summed E-state index contributed by atoms with van der Waals surface area (Å²) in [4.78, 5) is 34.4. The van der Waals surface area contributed by atoms with Crippen LogP contribution in [0.3, 0.4) is 0 Å². The average Bonchev–Trinajstić information content (AvgIpc) is 2.02. The summed E-state index contributed by atoms with van der Waals surface area (Å²) in [5.74, 6) is -0.871. The predicted molar refractivity (Wildman–Crippen MR) is 34.5 cm³/mol. The zero-order valence-corrected chi connectivity index (χ0v) is 12.9. The minimum Gasteiger partial charge on any atom is -0.550 e. The Bertz CT molecular complexity index is 272. The molecular formula is C6H7NNa2O7. The van der Waals surface area contributed by atoms with Crippen molar-refractivity contribution >= 4 is 17.9 Å². The normalized spacial score (nSPS) is 12.4. The summed E-state index contributed by atoms with van der Waals surface area (Å²) in [5, 5.41) is 29.5. The first-order valence-corrected chi connectivity index (χ1v) is 3.35. The number of nitrogens with two attached hydrogens (primary N) is 1. The summed E-state index contributed by atoms with van der Waals surface area (Å²) in [6.07, 6.45) is -2.41. The van der Waals surface area contributed by atoms with E-state index in [0.717, 1.165) is 0 Å². The van der Waals surface area contributed by atoms with Gasteiger partial charge < -0.3 is 29.7 Å². The fourth-order valence-corrected chi connectivity index (χ4v) is 0.726. The first-order valence-electron chi connectivity index (χ1n) is 3.35. The number of aliphatic carboxylic acids is 2. The first-order chi connectivity index (χ1) is 6.31. The van der Waals surface area contributed by atoms with Gasteiger partial charge in [-0.25, -0.2) is 0 Å². The maximum atomic E-state index is 10.5. The molecule has 0 aromatic rings. The molecule has 0 heterocycles. The van der Waals surface area contributed by atoms with E-state index >= 15 is 0 Å². The van der Waals surface area contributed by atoms with Crippen LogP contribution in [0.4, 0.5) is 0 Å². The quantitative estimate of drug-likeness (QED) is 0.360. The molecule has 0 aliphatic carbocycles. The van der Waals surface area contributed by atoms with Gasteiger partial charge in [0.15, 0.2) is 0 Å². The van der Waals surface area contributed by atoms with Gasteiger partial charge in [-0.05, 0) is 0 Å². The van der Waals surface area contributed by atoms with Gasteiger partial charge in [0, 0.05) is 12.4 Å². The Balaban J connectivity index is -0.000000845. The molecule has 80 valence electrons. The molecule has 10 heteroatoms. The van der Waals surface area contributed by atoms with Crippen LogP contribution in [0.5, 0.6) is 0 Å². The molecule has 0 bridgehead atoms. The van der Waals surface area contributed by atoms with Crippen LogP contribution >= 0.6 is 0 Å². The third-order valence-electron chi connectivity index (χ3n) is 1.38. The van der Waals surface area contributed by atoms with E-state index in [1.165, 1.54) is 0 Å². The van der Waals surface area contributed by atoms with E-state index in [-0.39, 0.29) is 59.1 Å². The van der Waals surface area contributed by atoms with E-state index in [9.17, 15) is 24.6 Å². The third-order valence-corrected chi connectivity index (χ3v) is 1.38. The average molecular weight is 251 g/mol. The van der Waals surface area contributed by atoms with Crippen LogP contribution < -0.4 is 75.2 Å². The summed E-state index contributed by atoms with van der Waals surface area (Å²) in [6.45, 7) is 0. The van der Waals surface area contributed by atoms with Crippen LogP contribution in [0.25, 0.3) is 0 Å². The van der Waals surface area contributed by atoms with Crippen molar-refractivity contribution in [1.82, 2.24) is 0 Å². The Labute approximate surface area is 135 Å². The predicted octanol–water partition coefficient (Wildman–Crippen LogP) is -10.6. The number of carbonyl (C=O) groups excluding carboxylic acids is 3. The third kappa shape index (κ3) is 7.58. The van der Waals surface area contributed by atoms with Gasteiger partial charge in [-0.15, -0.1) is 0 Å². The van der Waals surface area contributed by atoms with Crippen molar-refractivity contribution in [1.29, 1.82) is 0 Å². The van der Waals surface area contributed by atoms with Gasteiger partial charge in [-0.2, -0.15) is 5.90 Å². The van der Waals surface area contributed by atoms with Crippen molar-refractivity contribution in [2.45, 2.75) is 18.4 Å². The molecule has 3 N–H and O–H groups in total. The summed E-state index contributed by atoms with van der Waals surface area (Å²) >= 11 is 0. The maximum Gasteiger partial charge on any atom is 1.00 e. The van der Waals surface area contributed by atoms with Crippen LogP contribution in [-0.4, -0.2) is 28.6 Å². The van der Waals surface area contributed by atoms with E-state index in [4.69, 9.17) is 5.11 Å². The fourth-order valence-electron chi connectivity index (χ4n) is 0.726. The zero-order valence-electron chi connectivity index (χ0n) is 8.89. The number of carboxylic acids is 2. The van der Waals surface area contributed by atoms with Crippen molar-refractivity contribution in [2.75, 3.05) is 0 Å². The molecule has 1 unspecified atom stereocenters. The molecule has 0 radical (unpaired) electrons. The van der Waals surface area contributed by atoms with Crippen LogP contribution in [0.15, 0.2) is 0 Å². The molecule has 0 aliphatic rings. The molecule has 0 spiro atoms. The molecule has 0 saturated heterocycles. The Kier molecular flexibility index (Phi) is 12.6. The monoisotopic (exact) mass is 251 g/mol. The number of carbonyl (C=O) groups is 3. The van der Waals surface area contributed by atoms with Crippen molar-refractivity contribution in [3.8, 4) is 0 Å². The van der Waals surface area contributed by atoms with Crippen molar-refractivity contribution in [3.63, 3.8) is 0 Å². The number of hydrogen-bond donors (Lipinski definition) is 2. The van der Waals surface area contributed by atoms with Crippen molar-refractivity contribution in [3.05, 3.63) is 0 Å². The minimum atomic E-state index is -2.87. The summed E-state index contributed by atoms with van der Waals surface area (Å²) in [5.41, 5.74) is -2.87. The van der Waals surface area contributed by atoms with Crippen LogP contribution in [0, 0.1) is 0 Å². The number of hydrogen-bond acceptors (Lipinski definition) is 8. The molecule has 0 saturated carbocycles. The molecule has 8 nitrogen and oxygen atoms in total. The summed E-state index contributed by atoms with van der Waals surface area (Å²) in [6, 6.07) is 0. The smallest absolute Gasteiger partial charge is 0.550 e. The standard InChI is InChI=1S/C6H9NO7.2Na/c7-14-4(10)2-6(13,5(11)12)1-3(8)9;;/h13H,1-2,7H2,(H,8,9)(H,11,12);;/q;2*+1/p-2. The molecule has 0 rings (SSSR count). The summed E-state index contributed by atoms with van der Waals surface area (Å²) < 4.78 is 0. The van der Waals surface area contributed by atoms with Crippen molar-refractivity contribution < 1.29 is 93.7 Å². The van der Waals surface area contributed by atoms with Gasteiger partial charge in [0.1, 0.15) is 5.60 Å². The van der Waals surface area contributed by atoms with Crippen molar-refractivity contribution in [2.24, 2.45) is 5.90 Å². The molecule has 0 aliphatic heterocycles. The second kappa shape index (κ2) is 9.37. The van der Waals surface area contributed by atoms with Gasteiger partial charge in [-0.1, -0.05) is 0 Å². The van der Waals surface area contributed by atoms with Gasteiger partial charge in [0.25, 0.3) is 0 Å². The second-order valence-electron chi connectivity index (χ2n) is 2.53. The topological polar surface area (TPSA) is 153 Å². The van der Waals surface area contributed by atoms with E-state index in [1.54, 1.807) is 0 Å². The SMILES string of the molecule is NOC(=O)CC(O)(CC(=O)[O-])C(=O)[O-].[Na+].[Na+]. The Morgan fingerprint density at radius 3 is 1.88 bits per heavy atom. The Morgan fingerprint density at radius 1 is 1.19 bits per heavy atom. The van der Waals surface area contributed by atoms with E-state index in [0.29, 0.717) is 0 Å². The Morgan fingerprint density at radius 2 is 1.62 bits per heavy atom. The molecule has 16 heavy (non-hydrogen) atoms. The van der Waals surface area contributed by atoms with Gasteiger partial charge in [0.05, 0.1) is 12.4 Å². The zero-order chi connectivity index (χ0) is 11.4. The van der Waals surface area contributed by atoms with E-state index in [2.05, 4.69) is 10.7 Å². The Hall–Kier alpha value is 0.330. The molecular weight excluding hydrogens is 244 g/mol. The largest absolute Gasteiger partial charge is 1.00 e. The maximum absolute atomic E-state index is 10.5. The van der Waals surface area contributed by atoms with Crippen LogP contribution in [0.1, 0.15) is 12.8 Å². The molecule has 0 aromatic heterocycles. The summed E-state index contributed by atoms with van der Waals surface area (Å²) in [7, 11) is 0. The molecule has 0 fully saturated rings. The second-order valence-corrected chi connectivity index (χ2v) is 2.53. The molecule has 0 aromatic carbocycles. The number of rotatable bonds is 5. The van der Waals surface area contributed by atoms with Gasteiger partial charge in [-0.3, -0.25) is 4.79 Å². The molecule has 1 atom stereocenters. The van der Waals surface area contributed by atoms with Crippen LogP contribution in [0.2, 0.25) is 0 Å². The van der Waals surface area contributed by atoms with Crippen LogP contribution in [-0.2, 0) is 19.2 Å². The van der Waals surface area contributed by atoms with E-state index in [1.807, 2.05) is 0 Å². The van der Waals surface area contributed by atoms with Gasteiger partial charge in [0.2, 0.25) is 0 Å². The number of carboxylic acid groups (broad SMARTS) is 2. The van der Waals surface area contributed by atoms with E-state index < -0.39 is 36.4 Å². The fraction of sp³-hybridized carbons (Fsp3) is 0.500. The minimum absolute atomic E-state index is 0. The van der Waals surface area contributed by atoms with Gasteiger partial charge >= 0.3 is 65.1 Å². The number of aliphatic hydroxyl groups is 1.